The second-order valence-corrected chi connectivity index (χ2v) is 4.22. The highest BCUT2D eigenvalue weighted by molar-refractivity contribution is 6.07. The molecule has 0 bridgehead atoms. The van der Waals surface area contributed by atoms with Crippen molar-refractivity contribution in [2.24, 2.45) is 5.41 Å². The molecule has 1 atom stereocenters. The Morgan fingerprint density at radius 1 is 1.56 bits per heavy atom. The van der Waals surface area contributed by atoms with Gasteiger partial charge in [-0.3, -0.25) is 9.59 Å². The van der Waals surface area contributed by atoms with Gasteiger partial charge in [0.1, 0.15) is 0 Å². The number of ether oxygens (including phenoxy) is 1. The molecule has 1 rings (SSSR count). The molecule has 2 amide bonds. The highest BCUT2D eigenvalue weighted by atomic mass is 19.1. The van der Waals surface area contributed by atoms with E-state index >= 15 is 0 Å². The van der Waals surface area contributed by atoms with Gasteiger partial charge >= 0.3 is 5.97 Å². The topological polar surface area (TPSA) is 63.7 Å². The van der Waals surface area contributed by atoms with Gasteiger partial charge in [-0.15, -0.1) is 0 Å². The van der Waals surface area contributed by atoms with Gasteiger partial charge in [0.25, 0.3) is 6.30 Å². The number of halogens is 1. The highest BCUT2D eigenvalue weighted by Gasteiger charge is 2.50. The average molecular weight is 231 g/mol. The van der Waals surface area contributed by atoms with Gasteiger partial charge in [-0.1, -0.05) is 13.8 Å². The number of imide groups is 1. The summed E-state index contributed by atoms with van der Waals surface area (Å²) in [4.78, 5) is 34.5. The lowest BCUT2D eigenvalue weighted by Gasteiger charge is -2.19. The van der Waals surface area contributed by atoms with Crippen molar-refractivity contribution in [1.82, 2.24) is 4.90 Å². The Labute approximate surface area is 92.5 Å². The molecule has 0 aromatic carbocycles. The first kappa shape index (κ1) is 12.6. The third-order valence-corrected chi connectivity index (χ3v) is 2.37. The van der Waals surface area contributed by atoms with E-state index < -0.39 is 29.5 Å². The number of esters is 1. The Balaban J connectivity index is 2.85. The normalized spacial score (nSPS) is 21.1. The molecule has 0 aliphatic carbocycles. The molecule has 1 aliphatic heterocycles. The van der Waals surface area contributed by atoms with Crippen molar-refractivity contribution in [2.45, 2.75) is 33.5 Å². The zero-order valence-corrected chi connectivity index (χ0v) is 9.45. The third kappa shape index (κ3) is 2.05. The summed E-state index contributed by atoms with van der Waals surface area (Å²) in [6.45, 7) is 4.58. The Kier molecular flexibility index (Phi) is 3.30. The van der Waals surface area contributed by atoms with Crippen LogP contribution in [0.25, 0.3) is 0 Å². The van der Waals surface area contributed by atoms with Gasteiger partial charge in [0, 0.05) is 6.42 Å². The van der Waals surface area contributed by atoms with Crippen LogP contribution >= 0.6 is 0 Å². The minimum atomic E-state index is -2.33. The van der Waals surface area contributed by atoms with E-state index in [0.717, 1.165) is 0 Å². The van der Waals surface area contributed by atoms with Crippen LogP contribution in [0.3, 0.4) is 0 Å². The van der Waals surface area contributed by atoms with Gasteiger partial charge in [-0.05, 0) is 6.92 Å². The van der Waals surface area contributed by atoms with Crippen molar-refractivity contribution in [3.63, 3.8) is 0 Å². The molecule has 0 N–H and O–H groups in total. The minimum absolute atomic E-state index is 0.00112. The molecule has 1 aliphatic rings. The first-order chi connectivity index (χ1) is 7.31. The van der Waals surface area contributed by atoms with Gasteiger partial charge < -0.3 is 4.74 Å². The van der Waals surface area contributed by atoms with Crippen molar-refractivity contribution in [2.75, 3.05) is 6.61 Å². The number of nitrogens with zero attached hydrogens (tertiary/aromatic N) is 1. The fourth-order valence-electron chi connectivity index (χ4n) is 1.52. The van der Waals surface area contributed by atoms with Gasteiger partial charge in [-0.25, -0.2) is 14.1 Å². The molecule has 1 heterocycles. The molecule has 16 heavy (non-hydrogen) atoms. The van der Waals surface area contributed by atoms with Crippen LogP contribution in [0.4, 0.5) is 4.39 Å². The maximum absolute atomic E-state index is 13.5. The second kappa shape index (κ2) is 4.19. The van der Waals surface area contributed by atoms with Crippen LogP contribution in [0.1, 0.15) is 27.2 Å². The molecule has 0 aromatic heterocycles. The average Bonchev–Trinajstić information content (AvgIpc) is 2.36. The molecule has 1 fully saturated rings. The van der Waals surface area contributed by atoms with E-state index in [1.165, 1.54) is 20.8 Å². The largest absolute Gasteiger partial charge is 0.462 e. The summed E-state index contributed by atoms with van der Waals surface area (Å²) >= 11 is 0. The Bertz CT molecular complexity index is 340. The summed E-state index contributed by atoms with van der Waals surface area (Å²) < 4.78 is 18.0. The molecular weight excluding hydrogens is 217 g/mol. The molecule has 0 aromatic rings. The van der Waals surface area contributed by atoms with E-state index in [2.05, 4.69) is 4.74 Å². The number of carbonyl (C=O) groups is 3. The fourth-order valence-corrected chi connectivity index (χ4v) is 1.52. The van der Waals surface area contributed by atoms with E-state index in [9.17, 15) is 18.8 Å². The Morgan fingerprint density at radius 2 is 2.12 bits per heavy atom. The van der Waals surface area contributed by atoms with Crippen molar-refractivity contribution < 1.29 is 23.5 Å². The number of rotatable bonds is 3. The van der Waals surface area contributed by atoms with Crippen LogP contribution in [0, 0.1) is 5.41 Å². The summed E-state index contributed by atoms with van der Waals surface area (Å²) in [5.74, 6) is -2.57. The molecular formula is C10H14FNO4. The summed E-state index contributed by atoms with van der Waals surface area (Å²) in [6, 6.07) is 0. The van der Waals surface area contributed by atoms with E-state index in [1.54, 1.807) is 0 Å². The predicted molar refractivity (Wildman–Crippen MR) is 51.8 cm³/mol. The fraction of sp³-hybridized carbons (Fsp3) is 0.700. The molecule has 5 nitrogen and oxygen atoms in total. The first-order valence-electron chi connectivity index (χ1n) is 4.98. The van der Waals surface area contributed by atoms with Crippen LogP contribution in [-0.2, 0) is 19.1 Å². The molecule has 1 unspecified atom stereocenters. The number of carbonyl (C=O) groups excluding carboxylic acids is 3. The molecule has 0 spiro atoms. The first-order valence-corrected chi connectivity index (χ1v) is 4.98. The monoisotopic (exact) mass is 231 g/mol. The molecule has 1 saturated heterocycles. The van der Waals surface area contributed by atoms with Crippen LogP contribution < -0.4 is 0 Å². The second-order valence-electron chi connectivity index (χ2n) is 4.22. The van der Waals surface area contributed by atoms with Crippen molar-refractivity contribution in [1.29, 1.82) is 0 Å². The van der Waals surface area contributed by atoms with E-state index in [0.29, 0.717) is 4.90 Å². The number of amides is 2. The van der Waals surface area contributed by atoms with Crippen molar-refractivity contribution in [3.8, 4) is 0 Å². The van der Waals surface area contributed by atoms with Crippen LogP contribution in [0.5, 0.6) is 0 Å². The number of hydrogen-bond acceptors (Lipinski definition) is 4. The summed E-state index contributed by atoms with van der Waals surface area (Å²) in [6.07, 6.45) is -2.42. The molecule has 0 saturated carbocycles. The summed E-state index contributed by atoms with van der Waals surface area (Å²) in [5, 5.41) is 0. The molecule has 6 heteroatoms. The maximum atomic E-state index is 13.5. The highest BCUT2D eigenvalue weighted by Crippen LogP contribution is 2.33. The smallest absolute Gasteiger partial charge is 0.362 e. The van der Waals surface area contributed by atoms with Gasteiger partial charge in [-0.2, -0.15) is 0 Å². The predicted octanol–water partition coefficient (Wildman–Crippen LogP) is 0.630. The summed E-state index contributed by atoms with van der Waals surface area (Å²) in [5.41, 5.74) is -0.950. The lowest BCUT2D eigenvalue weighted by atomic mass is 9.92. The quantitative estimate of drug-likeness (QED) is 0.406. The Hall–Kier alpha value is -1.46. The number of likely N-dealkylation sites (tertiary alicyclic amines) is 1. The van der Waals surface area contributed by atoms with Gasteiger partial charge in [0.2, 0.25) is 11.8 Å². The third-order valence-electron chi connectivity index (χ3n) is 2.37. The Morgan fingerprint density at radius 3 is 2.50 bits per heavy atom. The summed E-state index contributed by atoms with van der Waals surface area (Å²) in [7, 11) is 0. The SMILES string of the molecule is CCOC(=O)C(F)N1C(=O)CC(C)(C)C1=O. The zero-order valence-electron chi connectivity index (χ0n) is 9.45. The molecule has 0 radical (unpaired) electrons. The minimum Gasteiger partial charge on any atom is -0.462 e. The van der Waals surface area contributed by atoms with Crippen LogP contribution in [-0.4, -0.2) is 35.6 Å². The lowest BCUT2D eigenvalue weighted by Crippen LogP contribution is -2.44. The van der Waals surface area contributed by atoms with E-state index in [4.69, 9.17) is 0 Å². The zero-order chi connectivity index (χ0) is 12.5. The van der Waals surface area contributed by atoms with Crippen molar-refractivity contribution in [3.05, 3.63) is 0 Å². The van der Waals surface area contributed by atoms with Crippen LogP contribution in [0.2, 0.25) is 0 Å². The number of hydrogen-bond donors (Lipinski definition) is 0. The van der Waals surface area contributed by atoms with Gasteiger partial charge in [0.15, 0.2) is 0 Å². The van der Waals surface area contributed by atoms with E-state index in [-0.39, 0.29) is 13.0 Å². The maximum Gasteiger partial charge on any atom is 0.362 e. The lowest BCUT2D eigenvalue weighted by molar-refractivity contribution is -0.166. The molecule has 90 valence electrons. The van der Waals surface area contributed by atoms with E-state index in [1.807, 2.05) is 0 Å². The standard InChI is InChI=1S/C10H14FNO4/c1-4-16-8(14)7(11)12-6(13)5-10(2,3)9(12)15/h7H,4-5H2,1-3H3. The number of alkyl halides is 1. The van der Waals surface area contributed by atoms with Crippen molar-refractivity contribution >= 4 is 17.8 Å². The van der Waals surface area contributed by atoms with Crippen LogP contribution in [0.15, 0.2) is 0 Å². The van der Waals surface area contributed by atoms with Gasteiger partial charge in [0.05, 0.1) is 12.0 Å².